The lowest BCUT2D eigenvalue weighted by atomic mass is 10.1. The van der Waals surface area contributed by atoms with Crippen molar-refractivity contribution in [3.63, 3.8) is 0 Å². The topological polar surface area (TPSA) is 84.9 Å². The van der Waals surface area contributed by atoms with Gasteiger partial charge in [-0.3, -0.25) is 9.10 Å². The molecule has 0 aliphatic heterocycles. The number of anilines is 1. The fraction of sp³-hybridized carbons (Fsp3) is 0.269. The lowest BCUT2D eigenvalue weighted by molar-refractivity contribution is -0.120. The third kappa shape index (κ3) is 6.07. The smallest absolute Gasteiger partial charge is 0.268 e. The number of carbonyl (C=O) groups excluding carboxylic acids is 1. The van der Waals surface area contributed by atoms with Crippen LogP contribution in [0.2, 0.25) is 5.02 Å². The van der Waals surface area contributed by atoms with E-state index in [1.54, 1.807) is 50.4 Å². The summed E-state index contributed by atoms with van der Waals surface area (Å²) in [6, 6.07) is 16.7. The van der Waals surface area contributed by atoms with Gasteiger partial charge in [0.25, 0.3) is 10.0 Å². The molecular weight excluding hydrogens is 488 g/mol. The summed E-state index contributed by atoms with van der Waals surface area (Å²) in [5.74, 6) is 0.416. The van der Waals surface area contributed by atoms with E-state index >= 15 is 0 Å². The van der Waals surface area contributed by atoms with E-state index in [1.807, 2.05) is 26.0 Å². The predicted octanol–water partition coefficient (Wildman–Crippen LogP) is 5.05. The van der Waals surface area contributed by atoms with Crippen molar-refractivity contribution >= 4 is 33.2 Å². The molecule has 0 aliphatic carbocycles. The summed E-state index contributed by atoms with van der Waals surface area (Å²) >= 11 is 6.31. The van der Waals surface area contributed by atoms with Gasteiger partial charge in [0.05, 0.1) is 25.9 Å². The largest absolute Gasteiger partial charge is 0.497 e. The first-order valence-electron chi connectivity index (χ1n) is 10.9. The Bertz CT molecular complexity index is 1310. The normalized spacial score (nSPS) is 12.1. The number of hydrogen-bond acceptors (Lipinski definition) is 5. The van der Waals surface area contributed by atoms with Crippen LogP contribution in [0.15, 0.2) is 65.6 Å². The Balaban J connectivity index is 1.96. The summed E-state index contributed by atoms with van der Waals surface area (Å²) in [7, 11) is -1.20. The highest BCUT2D eigenvalue weighted by molar-refractivity contribution is 7.93. The summed E-state index contributed by atoms with van der Waals surface area (Å²) in [6.45, 7) is 4.98. The van der Waals surface area contributed by atoms with E-state index in [9.17, 15) is 13.2 Å². The fourth-order valence-corrected chi connectivity index (χ4v) is 5.38. The van der Waals surface area contributed by atoms with Gasteiger partial charge < -0.3 is 14.8 Å². The Kier molecular flexibility index (Phi) is 8.30. The van der Waals surface area contributed by atoms with E-state index in [0.29, 0.717) is 10.8 Å². The molecule has 3 aromatic rings. The van der Waals surface area contributed by atoms with Gasteiger partial charge in [0.15, 0.2) is 0 Å². The molecule has 1 amide bonds. The highest BCUT2D eigenvalue weighted by Crippen LogP contribution is 2.32. The molecule has 0 unspecified atom stereocenters. The second kappa shape index (κ2) is 11.0. The van der Waals surface area contributed by atoms with Crippen molar-refractivity contribution < 1.29 is 22.7 Å². The Morgan fingerprint density at radius 3 is 2.29 bits per heavy atom. The number of sulfonamides is 1. The van der Waals surface area contributed by atoms with Crippen molar-refractivity contribution in [3.05, 3.63) is 82.4 Å². The molecule has 0 radical (unpaired) electrons. The third-order valence-corrected chi connectivity index (χ3v) is 7.81. The zero-order chi connectivity index (χ0) is 25.8. The van der Waals surface area contributed by atoms with Gasteiger partial charge in [0.1, 0.15) is 22.9 Å². The Morgan fingerprint density at radius 2 is 1.69 bits per heavy atom. The molecule has 0 bridgehead atoms. The second-order valence-corrected chi connectivity index (χ2v) is 10.4. The van der Waals surface area contributed by atoms with Crippen LogP contribution in [0.1, 0.15) is 29.7 Å². The van der Waals surface area contributed by atoms with Crippen LogP contribution in [0.25, 0.3) is 0 Å². The van der Waals surface area contributed by atoms with Crippen molar-refractivity contribution in [2.45, 2.75) is 31.7 Å². The minimum atomic E-state index is -4.18. The summed E-state index contributed by atoms with van der Waals surface area (Å²) < 4.78 is 39.2. The molecule has 0 heterocycles. The van der Waals surface area contributed by atoms with Crippen LogP contribution in [0.3, 0.4) is 0 Å². The van der Waals surface area contributed by atoms with Gasteiger partial charge in [-0.1, -0.05) is 35.9 Å². The first-order valence-corrected chi connectivity index (χ1v) is 12.8. The lowest BCUT2D eigenvalue weighted by Gasteiger charge is -2.26. The molecule has 0 spiro atoms. The minimum absolute atomic E-state index is 0.0345. The number of benzene rings is 3. The number of rotatable bonds is 9. The number of aryl methyl sites for hydroxylation is 2. The standard InChI is InChI=1S/C26H29ClN2O5S/c1-17-6-13-24(34-5)25(14-17)35(31,32)29(21-10-7-18(2)23(27)15-21)16-26(30)28-19(3)20-8-11-22(33-4)12-9-20/h6-15,19H,16H2,1-5H3,(H,28,30)/t19-/m0/s1. The molecule has 1 N–H and O–H groups in total. The number of hydrogen-bond donors (Lipinski definition) is 1. The van der Waals surface area contributed by atoms with Gasteiger partial charge in [-0.2, -0.15) is 0 Å². The molecule has 3 rings (SSSR count). The average Bonchev–Trinajstić information content (AvgIpc) is 2.84. The fourth-order valence-electron chi connectivity index (χ4n) is 3.55. The number of nitrogens with one attached hydrogen (secondary N) is 1. The number of nitrogens with zero attached hydrogens (tertiary/aromatic N) is 1. The third-order valence-electron chi connectivity index (χ3n) is 5.61. The van der Waals surface area contributed by atoms with Crippen molar-refractivity contribution in [3.8, 4) is 11.5 Å². The Morgan fingerprint density at radius 1 is 1.00 bits per heavy atom. The maximum Gasteiger partial charge on any atom is 0.268 e. The van der Waals surface area contributed by atoms with E-state index < -0.39 is 22.5 Å². The maximum atomic E-state index is 13.8. The first-order chi connectivity index (χ1) is 16.6. The van der Waals surface area contributed by atoms with E-state index in [0.717, 1.165) is 21.0 Å². The van der Waals surface area contributed by atoms with Gasteiger partial charge in [-0.05, 0) is 73.9 Å². The highest BCUT2D eigenvalue weighted by Gasteiger charge is 2.31. The van der Waals surface area contributed by atoms with Crippen molar-refractivity contribution in [1.29, 1.82) is 0 Å². The SMILES string of the molecule is COc1ccc([C@H](C)NC(=O)CN(c2ccc(C)c(Cl)c2)S(=O)(=O)c2cc(C)ccc2OC)cc1. The summed E-state index contributed by atoms with van der Waals surface area (Å²) in [4.78, 5) is 13.0. The van der Waals surface area contributed by atoms with Crippen LogP contribution in [0.5, 0.6) is 11.5 Å². The van der Waals surface area contributed by atoms with Crippen molar-refractivity contribution in [2.24, 2.45) is 0 Å². The highest BCUT2D eigenvalue weighted by atomic mass is 35.5. The minimum Gasteiger partial charge on any atom is -0.497 e. The van der Waals surface area contributed by atoms with Crippen LogP contribution in [-0.2, 0) is 14.8 Å². The average molecular weight is 517 g/mol. The molecule has 9 heteroatoms. The number of carbonyl (C=O) groups is 1. The van der Waals surface area contributed by atoms with E-state index in [2.05, 4.69) is 5.32 Å². The van der Waals surface area contributed by atoms with Crippen molar-refractivity contribution in [1.82, 2.24) is 5.32 Å². The number of amides is 1. The molecule has 35 heavy (non-hydrogen) atoms. The zero-order valence-corrected chi connectivity index (χ0v) is 21.9. The Hall–Kier alpha value is -3.23. The molecule has 1 atom stereocenters. The Labute approximate surface area is 211 Å². The van der Waals surface area contributed by atoms with E-state index in [4.69, 9.17) is 21.1 Å². The van der Waals surface area contributed by atoms with Gasteiger partial charge in [0.2, 0.25) is 5.91 Å². The second-order valence-electron chi connectivity index (χ2n) is 8.16. The molecule has 0 aliphatic rings. The molecule has 3 aromatic carbocycles. The number of methoxy groups -OCH3 is 2. The van der Waals surface area contributed by atoms with Crippen molar-refractivity contribution in [2.75, 3.05) is 25.1 Å². The van der Waals surface area contributed by atoms with Crippen LogP contribution >= 0.6 is 11.6 Å². The molecule has 0 saturated carbocycles. The summed E-state index contributed by atoms with van der Waals surface area (Å²) in [5, 5.41) is 3.27. The molecule has 0 fully saturated rings. The summed E-state index contributed by atoms with van der Waals surface area (Å²) in [6.07, 6.45) is 0. The van der Waals surface area contributed by atoms with Gasteiger partial charge in [-0.25, -0.2) is 8.42 Å². The zero-order valence-electron chi connectivity index (χ0n) is 20.3. The van der Waals surface area contributed by atoms with Crippen LogP contribution < -0.4 is 19.1 Å². The number of ether oxygens (including phenoxy) is 2. The maximum absolute atomic E-state index is 13.8. The monoisotopic (exact) mass is 516 g/mol. The van der Waals surface area contributed by atoms with E-state index in [-0.39, 0.29) is 22.4 Å². The molecule has 0 saturated heterocycles. The number of halogens is 1. The molecular formula is C26H29ClN2O5S. The van der Waals surface area contributed by atoms with Crippen LogP contribution in [-0.4, -0.2) is 35.1 Å². The van der Waals surface area contributed by atoms with Gasteiger partial charge in [-0.15, -0.1) is 0 Å². The summed E-state index contributed by atoms with van der Waals surface area (Å²) in [5.41, 5.74) is 2.66. The van der Waals surface area contributed by atoms with E-state index in [1.165, 1.54) is 19.2 Å². The quantitative estimate of drug-likeness (QED) is 0.430. The predicted molar refractivity (Wildman–Crippen MR) is 138 cm³/mol. The van der Waals surface area contributed by atoms with Gasteiger partial charge in [0, 0.05) is 5.02 Å². The first kappa shape index (κ1) is 26.4. The molecule has 186 valence electrons. The van der Waals surface area contributed by atoms with Crippen LogP contribution in [0, 0.1) is 13.8 Å². The molecule has 0 aromatic heterocycles. The van der Waals surface area contributed by atoms with Gasteiger partial charge >= 0.3 is 0 Å². The molecule has 7 nitrogen and oxygen atoms in total. The lowest BCUT2D eigenvalue weighted by Crippen LogP contribution is -2.41. The van der Waals surface area contributed by atoms with Crippen LogP contribution in [0.4, 0.5) is 5.69 Å².